The van der Waals surface area contributed by atoms with Crippen LogP contribution in [0.3, 0.4) is 0 Å². The zero-order chi connectivity index (χ0) is 12.1. The fourth-order valence-electron chi connectivity index (χ4n) is 2.54. The van der Waals surface area contributed by atoms with Crippen LogP contribution in [0.25, 0.3) is 0 Å². The molecule has 0 aliphatic carbocycles. The molecule has 94 valence electrons. The molecule has 1 saturated heterocycles. The molecule has 0 amide bonds. The van der Waals surface area contributed by atoms with Crippen LogP contribution in [-0.4, -0.2) is 19.7 Å². The van der Waals surface area contributed by atoms with Crippen LogP contribution in [0.1, 0.15) is 29.5 Å². The van der Waals surface area contributed by atoms with Crippen LogP contribution in [0.2, 0.25) is 0 Å². The fraction of sp³-hybridized carbons (Fsp3) is 0.600. The minimum Gasteiger partial charge on any atom is -0.376 e. The van der Waals surface area contributed by atoms with Crippen molar-refractivity contribution in [2.24, 2.45) is 5.92 Å². The van der Waals surface area contributed by atoms with Crippen molar-refractivity contribution in [3.63, 3.8) is 0 Å². The minimum absolute atomic E-state index is 0.752. The molecule has 0 saturated carbocycles. The lowest BCUT2D eigenvalue weighted by atomic mass is 9.99. The summed E-state index contributed by atoms with van der Waals surface area (Å²) in [7, 11) is 0. The Morgan fingerprint density at radius 2 is 1.76 bits per heavy atom. The average molecular weight is 233 g/mol. The molecule has 0 atom stereocenters. The molecule has 1 aliphatic rings. The molecule has 1 aliphatic heterocycles. The van der Waals surface area contributed by atoms with Crippen LogP contribution in [0.4, 0.5) is 0 Å². The van der Waals surface area contributed by atoms with Gasteiger partial charge in [0.1, 0.15) is 0 Å². The van der Waals surface area contributed by atoms with Crippen LogP contribution >= 0.6 is 0 Å². The van der Waals surface area contributed by atoms with Gasteiger partial charge in [-0.25, -0.2) is 0 Å². The predicted molar refractivity (Wildman–Crippen MR) is 71.2 cm³/mol. The third-order valence-electron chi connectivity index (χ3n) is 3.36. The van der Waals surface area contributed by atoms with Crippen LogP contribution in [0.15, 0.2) is 18.2 Å². The zero-order valence-corrected chi connectivity index (χ0v) is 11.0. The van der Waals surface area contributed by atoms with Gasteiger partial charge in [0.25, 0.3) is 0 Å². The van der Waals surface area contributed by atoms with E-state index in [0.717, 1.165) is 32.2 Å². The summed E-state index contributed by atoms with van der Waals surface area (Å²) in [5.41, 5.74) is 3.95. The standard InChI is InChI=1S/C15H23NO/c1-12-7-13(2)9-15(8-12)11-17-10-14-3-5-16-6-4-14/h7-9,14,16H,3-6,10-11H2,1-2H3. The van der Waals surface area contributed by atoms with Crippen molar-refractivity contribution < 1.29 is 4.74 Å². The Hall–Kier alpha value is -0.860. The normalized spacial score (nSPS) is 17.3. The summed E-state index contributed by atoms with van der Waals surface area (Å²) in [6.45, 7) is 8.25. The topological polar surface area (TPSA) is 21.3 Å². The highest BCUT2D eigenvalue weighted by molar-refractivity contribution is 5.27. The van der Waals surface area contributed by atoms with Gasteiger partial charge in [-0.05, 0) is 51.3 Å². The van der Waals surface area contributed by atoms with Crippen LogP contribution < -0.4 is 5.32 Å². The quantitative estimate of drug-likeness (QED) is 0.863. The summed E-state index contributed by atoms with van der Waals surface area (Å²) in [6.07, 6.45) is 2.51. The lowest BCUT2D eigenvalue weighted by Crippen LogP contribution is -2.29. The Balaban J connectivity index is 1.77. The second kappa shape index (κ2) is 6.18. The lowest BCUT2D eigenvalue weighted by Gasteiger charge is -2.22. The van der Waals surface area contributed by atoms with E-state index in [1.54, 1.807) is 0 Å². The van der Waals surface area contributed by atoms with E-state index in [2.05, 4.69) is 37.4 Å². The summed E-state index contributed by atoms with van der Waals surface area (Å²) >= 11 is 0. The number of aryl methyl sites for hydroxylation is 2. The van der Waals surface area contributed by atoms with Gasteiger partial charge in [-0.2, -0.15) is 0 Å². The number of nitrogens with one attached hydrogen (secondary N) is 1. The molecule has 1 fully saturated rings. The van der Waals surface area contributed by atoms with Gasteiger partial charge in [-0.15, -0.1) is 0 Å². The monoisotopic (exact) mass is 233 g/mol. The number of benzene rings is 1. The van der Waals surface area contributed by atoms with Gasteiger partial charge in [-0.1, -0.05) is 29.3 Å². The molecule has 0 aromatic heterocycles. The van der Waals surface area contributed by atoms with Gasteiger partial charge in [0, 0.05) is 6.61 Å². The smallest absolute Gasteiger partial charge is 0.0717 e. The molecule has 1 aromatic carbocycles. The molecular weight excluding hydrogens is 210 g/mol. The Morgan fingerprint density at radius 3 is 2.41 bits per heavy atom. The highest BCUT2D eigenvalue weighted by atomic mass is 16.5. The van der Waals surface area contributed by atoms with Crippen LogP contribution in [-0.2, 0) is 11.3 Å². The predicted octanol–water partition coefficient (Wildman–Crippen LogP) is 2.82. The first-order valence-corrected chi connectivity index (χ1v) is 6.59. The second-order valence-corrected chi connectivity index (χ2v) is 5.20. The first-order valence-electron chi connectivity index (χ1n) is 6.59. The van der Waals surface area contributed by atoms with E-state index < -0.39 is 0 Å². The minimum atomic E-state index is 0.752. The van der Waals surface area contributed by atoms with Crippen molar-refractivity contribution in [1.82, 2.24) is 5.32 Å². The molecule has 2 heteroatoms. The van der Waals surface area contributed by atoms with Gasteiger partial charge in [0.2, 0.25) is 0 Å². The lowest BCUT2D eigenvalue weighted by molar-refractivity contribution is 0.0763. The van der Waals surface area contributed by atoms with E-state index in [9.17, 15) is 0 Å². The summed E-state index contributed by atoms with van der Waals surface area (Å²) in [4.78, 5) is 0. The molecule has 1 aromatic rings. The second-order valence-electron chi connectivity index (χ2n) is 5.20. The summed E-state index contributed by atoms with van der Waals surface area (Å²) in [6, 6.07) is 6.64. The van der Waals surface area contributed by atoms with E-state index in [1.807, 2.05) is 0 Å². The van der Waals surface area contributed by atoms with Crippen LogP contribution in [0.5, 0.6) is 0 Å². The number of hydrogen-bond acceptors (Lipinski definition) is 2. The first kappa shape index (κ1) is 12.6. The molecule has 2 rings (SSSR count). The van der Waals surface area contributed by atoms with Crippen molar-refractivity contribution in [2.45, 2.75) is 33.3 Å². The van der Waals surface area contributed by atoms with E-state index in [1.165, 1.54) is 29.5 Å². The molecular formula is C15H23NO. The summed E-state index contributed by atoms with van der Waals surface area (Å²) < 4.78 is 5.84. The molecule has 0 spiro atoms. The molecule has 0 radical (unpaired) electrons. The van der Waals surface area contributed by atoms with Gasteiger partial charge in [0.05, 0.1) is 6.61 Å². The fourth-order valence-corrected chi connectivity index (χ4v) is 2.54. The number of piperidine rings is 1. The first-order chi connectivity index (χ1) is 8.24. The Kier molecular flexibility index (Phi) is 4.57. The van der Waals surface area contributed by atoms with E-state index in [4.69, 9.17) is 4.74 Å². The van der Waals surface area contributed by atoms with Crippen LogP contribution in [0, 0.1) is 19.8 Å². The number of rotatable bonds is 4. The summed E-state index contributed by atoms with van der Waals surface area (Å²) in [5, 5.41) is 3.38. The Morgan fingerprint density at radius 1 is 1.12 bits per heavy atom. The SMILES string of the molecule is Cc1cc(C)cc(COCC2CCNCC2)c1. The third-order valence-corrected chi connectivity index (χ3v) is 3.36. The molecule has 1 N–H and O–H groups in total. The highest BCUT2D eigenvalue weighted by Gasteiger charge is 2.12. The van der Waals surface area contributed by atoms with Gasteiger partial charge >= 0.3 is 0 Å². The molecule has 0 unspecified atom stereocenters. The molecule has 2 nitrogen and oxygen atoms in total. The molecule has 1 heterocycles. The number of hydrogen-bond donors (Lipinski definition) is 1. The zero-order valence-electron chi connectivity index (χ0n) is 11.0. The maximum Gasteiger partial charge on any atom is 0.0717 e. The highest BCUT2D eigenvalue weighted by Crippen LogP contribution is 2.14. The average Bonchev–Trinajstić information content (AvgIpc) is 2.29. The van der Waals surface area contributed by atoms with E-state index >= 15 is 0 Å². The maximum absolute atomic E-state index is 5.84. The Bertz CT molecular complexity index is 336. The van der Waals surface area contributed by atoms with Gasteiger partial charge in [-0.3, -0.25) is 0 Å². The maximum atomic E-state index is 5.84. The number of ether oxygens (including phenoxy) is 1. The van der Waals surface area contributed by atoms with Crippen molar-refractivity contribution in [3.8, 4) is 0 Å². The van der Waals surface area contributed by atoms with Gasteiger partial charge < -0.3 is 10.1 Å². The van der Waals surface area contributed by atoms with Crippen molar-refractivity contribution >= 4 is 0 Å². The third kappa shape index (κ3) is 4.14. The van der Waals surface area contributed by atoms with E-state index in [-0.39, 0.29) is 0 Å². The Labute approximate surface area is 104 Å². The molecule has 0 bridgehead atoms. The van der Waals surface area contributed by atoms with Crippen molar-refractivity contribution in [3.05, 3.63) is 34.9 Å². The summed E-state index contributed by atoms with van der Waals surface area (Å²) in [5.74, 6) is 0.752. The van der Waals surface area contributed by atoms with E-state index in [0.29, 0.717) is 0 Å². The van der Waals surface area contributed by atoms with Crippen molar-refractivity contribution in [1.29, 1.82) is 0 Å². The largest absolute Gasteiger partial charge is 0.376 e. The van der Waals surface area contributed by atoms with Crippen molar-refractivity contribution in [2.75, 3.05) is 19.7 Å². The molecule has 17 heavy (non-hydrogen) atoms. The van der Waals surface area contributed by atoms with Gasteiger partial charge in [0.15, 0.2) is 0 Å².